The highest BCUT2D eigenvalue weighted by atomic mass is 16.2. The molecule has 12 heteroatoms. The molecule has 2 amide bonds. The fourth-order valence-corrected chi connectivity index (χ4v) is 4.93. The summed E-state index contributed by atoms with van der Waals surface area (Å²) in [6.07, 6.45) is 10.5. The number of hydrogen-bond acceptors (Lipinski definition) is 8. The zero-order chi connectivity index (χ0) is 27.9. The van der Waals surface area contributed by atoms with Crippen molar-refractivity contribution in [2.45, 2.75) is 20.8 Å². The van der Waals surface area contributed by atoms with Crippen molar-refractivity contribution in [1.82, 2.24) is 39.5 Å². The van der Waals surface area contributed by atoms with E-state index in [1.807, 2.05) is 24.4 Å². The lowest BCUT2D eigenvalue weighted by Crippen LogP contribution is -2.54. The molecule has 0 bridgehead atoms. The number of likely N-dealkylation sites (tertiary alicyclic amines) is 1. The molecule has 1 saturated heterocycles. The Bertz CT molecular complexity index is 1720. The molecule has 6 rings (SSSR count). The number of fused-ring (bicyclic) bond motifs is 1. The number of rotatable bonds is 7. The van der Waals surface area contributed by atoms with Crippen LogP contribution in [0, 0.1) is 12.3 Å². The third-order valence-corrected chi connectivity index (χ3v) is 6.76. The van der Waals surface area contributed by atoms with Crippen LogP contribution in [0.3, 0.4) is 0 Å². The summed E-state index contributed by atoms with van der Waals surface area (Å²) in [5, 5.41) is 18.4. The lowest BCUT2D eigenvalue weighted by molar-refractivity contribution is -0.120. The van der Waals surface area contributed by atoms with Gasteiger partial charge >= 0.3 is 0 Å². The molecular weight excluding hydrogens is 508 g/mol. The van der Waals surface area contributed by atoms with Gasteiger partial charge in [-0.15, -0.1) is 5.10 Å². The fourth-order valence-electron chi connectivity index (χ4n) is 4.93. The molecule has 5 aromatic rings. The first-order chi connectivity index (χ1) is 19.2. The van der Waals surface area contributed by atoms with E-state index in [9.17, 15) is 9.59 Å². The van der Waals surface area contributed by atoms with Crippen LogP contribution in [0.4, 0.5) is 11.4 Å². The summed E-state index contributed by atoms with van der Waals surface area (Å²) in [7, 11) is 0. The molecule has 0 unspecified atom stereocenters. The van der Waals surface area contributed by atoms with Gasteiger partial charge < -0.3 is 10.6 Å². The number of aromatic nitrogens is 7. The number of hydrogen-bond donors (Lipinski definition) is 2. The van der Waals surface area contributed by atoms with Crippen LogP contribution in [0.15, 0.2) is 67.5 Å². The largest absolute Gasteiger partial charge is 0.324 e. The van der Waals surface area contributed by atoms with Crippen LogP contribution in [0.25, 0.3) is 22.3 Å². The first-order valence-corrected chi connectivity index (χ1v) is 12.8. The van der Waals surface area contributed by atoms with Gasteiger partial charge in [0, 0.05) is 49.0 Å². The number of aryl methyl sites for hydroxylation is 1. The standard InChI is InChI=1S/C28H28N10O2/c1-18-23(10-21(12-30-18)32-25(39)15-36-16-28(2,3)17-36)33-27(40)26-24-5-4-19(13-38(24)35-34-26)20-11-31-37(14-20)22-6-8-29-9-7-22/h4-14H,15-17H2,1-3H3,(H,32,39)(H,33,40). The Balaban J connectivity index is 1.15. The third kappa shape index (κ3) is 5.16. The van der Waals surface area contributed by atoms with E-state index in [4.69, 9.17) is 0 Å². The van der Waals surface area contributed by atoms with Crippen LogP contribution in [-0.2, 0) is 4.79 Å². The summed E-state index contributed by atoms with van der Waals surface area (Å²) in [4.78, 5) is 36.1. The van der Waals surface area contributed by atoms with E-state index in [1.165, 1.54) is 0 Å². The van der Waals surface area contributed by atoms with Crippen LogP contribution in [0.1, 0.15) is 30.0 Å². The van der Waals surface area contributed by atoms with Gasteiger partial charge in [-0.05, 0) is 36.6 Å². The molecule has 12 nitrogen and oxygen atoms in total. The monoisotopic (exact) mass is 536 g/mol. The topological polar surface area (TPSA) is 135 Å². The minimum Gasteiger partial charge on any atom is -0.324 e. The molecule has 40 heavy (non-hydrogen) atoms. The second kappa shape index (κ2) is 9.97. The van der Waals surface area contributed by atoms with Gasteiger partial charge in [0.25, 0.3) is 5.91 Å². The van der Waals surface area contributed by atoms with Gasteiger partial charge in [-0.3, -0.25) is 24.5 Å². The van der Waals surface area contributed by atoms with Gasteiger partial charge in [0.2, 0.25) is 5.91 Å². The van der Waals surface area contributed by atoms with Crippen molar-refractivity contribution in [2.75, 3.05) is 30.3 Å². The minimum absolute atomic E-state index is 0.121. The number of anilines is 2. The lowest BCUT2D eigenvalue weighted by Gasteiger charge is -2.45. The summed E-state index contributed by atoms with van der Waals surface area (Å²) in [6.45, 7) is 8.23. The van der Waals surface area contributed by atoms with Gasteiger partial charge in [-0.25, -0.2) is 9.20 Å². The SMILES string of the molecule is Cc1ncc(NC(=O)CN2CC(C)(C)C2)cc1NC(=O)c1nnn2cc(-c3cnn(-c4ccncc4)c3)ccc12. The van der Waals surface area contributed by atoms with Crippen molar-refractivity contribution < 1.29 is 9.59 Å². The zero-order valence-electron chi connectivity index (χ0n) is 22.4. The summed E-state index contributed by atoms with van der Waals surface area (Å²) in [5.41, 5.74) is 5.24. The second-order valence-corrected chi connectivity index (χ2v) is 10.7. The van der Waals surface area contributed by atoms with Gasteiger partial charge in [-0.1, -0.05) is 25.1 Å². The maximum absolute atomic E-state index is 13.2. The third-order valence-electron chi connectivity index (χ3n) is 6.76. The van der Waals surface area contributed by atoms with E-state index in [0.29, 0.717) is 29.1 Å². The number of carbonyl (C=O) groups is 2. The molecule has 0 radical (unpaired) electrons. The van der Waals surface area contributed by atoms with Crippen LogP contribution in [-0.4, -0.2) is 70.9 Å². The molecular formula is C28H28N10O2. The van der Waals surface area contributed by atoms with Crippen LogP contribution < -0.4 is 10.6 Å². The molecule has 1 aliphatic rings. The molecule has 0 atom stereocenters. The molecule has 0 aliphatic carbocycles. The van der Waals surface area contributed by atoms with E-state index >= 15 is 0 Å². The summed E-state index contributed by atoms with van der Waals surface area (Å²) >= 11 is 0. The van der Waals surface area contributed by atoms with Crippen LogP contribution >= 0.6 is 0 Å². The Kier molecular flexibility index (Phi) is 6.31. The summed E-state index contributed by atoms with van der Waals surface area (Å²) in [5.74, 6) is -0.547. The van der Waals surface area contributed by atoms with Gasteiger partial charge in [0.1, 0.15) is 0 Å². The molecule has 0 saturated carbocycles. The van der Waals surface area contributed by atoms with Gasteiger partial charge in [-0.2, -0.15) is 5.10 Å². The van der Waals surface area contributed by atoms with Crippen molar-refractivity contribution in [3.8, 4) is 16.8 Å². The lowest BCUT2D eigenvalue weighted by atomic mass is 9.84. The normalized spacial score (nSPS) is 14.6. The number of amides is 2. The molecule has 1 fully saturated rings. The molecule has 0 spiro atoms. The van der Waals surface area contributed by atoms with Gasteiger partial charge in [0.05, 0.1) is 47.2 Å². The molecule has 202 valence electrons. The smallest absolute Gasteiger partial charge is 0.278 e. The van der Waals surface area contributed by atoms with E-state index in [-0.39, 0.29) is 17.0 Å². The summed E-state index contributed by atoms with van der Waals surface area (Å²) < 4.78 is 3.33. The number of nitrogens with one attached hydrogen (secondary N) is 2. The molecule has 0 aromatic carbocycles. The quantitative estimate of drug-likeness (QED) is 0.324. The molecule has 6 heterocycles. The first kappa shape index (κ1) is 25.3. The highest BCUT2D eigenvalue weighted by Crippen LogP contribution is 2.28. The summed E-state index contributed by atoms with van der Waals surface area (Å²) in [6, 6.07) is 9.13. The predicted molar refractivity (Wildman–Crippen MR) is 149 cm³/mol. The highest BCUT2D eigenvalue weighted by molar-refractivity contribution is 6.08. The predicted octanol–water partition coefficient (Wildman–Crippen LogP) is 3.21. The Hall–Kier alpha value is -4.97. The van der Waals surface area contributed by atoms with Crippen molar-refractivity contribution in [2.24, 2.45) is 5.41 Å². The minimum atomic E-state index is -0.426. The maximum Gasteiger partial charge on any atom is 0.278 e. The van der Waals surface area contributed by atoms with Crippen LogP contribution in [0.5, 0.6) is 0 Å². The fraction of sp³-hybridized carbons (Fsp3) is 0.250. The zero-order valence-corrected chi connectivity index (χ0v) is 22.4. The van der Waals surface area contributed by atoms with Crippen molar-refractivity contribution >= 4 is 28.7 Å². The van der Waals surface area contributed by atoms with Crippen LogP contribution in [0.2, 0.25) is 0 Å². The Morgan fingerprint density at radius 1 is 1.00 bits per heavy atom. The number of pyridine rings is 3. The molecule has 2 N–H and O–H groups in total. The molecule has 5 aromatic heterocycles. The van der Waals surface area contributed by atoms with E-state index < -0.39 is 5.91 Å². The van der Waals surface area contributed by atoms with Crippen molar-refractivity contribution in [3.63, 3.8) is 0 Å². The Labute approximate surface area is 230 Å². The number of carbonyl (C=O) groups excluding carboxylic acids is 2. The van der Waals surface area contributed by atoms with E-state index in [0.717, 1.165) is 29.9 Å². The Morgan fingerprint density at radius 3 is 2.58 bits per heavy atom. The van der Waals surface area contributed by atoms with E-state index in [2.05, 4.69) is 54.8 Å². The highest BCUT2D eigenvalue weighted by Gasteiger charge is 2.34. The van der Waals surface area contributed by atoms with Crippen molar-refractivity contribution in [3.05, 3.63) is 78.9 Å². The Morgan fingerprint density at radius 2 is 1.80 bits per heavy atom. The average molecular weight is 537 g/mol. The number of nitrogens with zero attached hydrogens (tertiary/aromatic N) is 8. The maximum atomic E-state index is 13.2. The molecule has 1 aliphatic heterocycles. The average Bonchev–Trinajstić information content (AvgIpc) is 3.57. The van der Waals surface area contributed by atoms with Crippen molar-refractivity contribution in [1.29, 1.82) is 0 Å². The van der Waals surface area contributed by atoms with Gasteiger partial charge in [0.15, 0.2) is 5.69 Å². The van der Waals surface area contributed by atoms with E-state index in [1.54, 1.807) is 59.2 Å². The second-order valence-electron chi connectivity index (χ2n) is 10.7. The first-order valence-electron chi connectivity index (χ1n) is 12.8.